The Labute approximate surface area is 140 Å². The predicted molar refractivity (Wildman–Crippen MR) is 96.8 cm³/mol. The minimum absolute atomic E-state index is 0.464. The van der Waals surface area contributed by atoms with Crippen LogP contribution < -0.4 is 10.6 Å². The van der Waals surface area contributed by atoms with Gasteiger partial charge in [-0.2, -0.15) is 0 Å². The molecule has 2 N–H and O–H groups in total. The Morgan fingerprint density at radius 2 is 2.22 bits per heavy atom. The van der Waals surface area contributed by atoms with Gasteiger partial charge in [-0.05, 0) is 50.3 Å². The molecular formula is C18H31N5. The molecule has 0 amide bonds. The second kappa shape index (κ2) is 8.29. The molecule has 1 aliphatic rings. The van der Waals surface area contributed by atoms with Crippen LogP contribution in [0, 0.1) is 12.8 Å². The fourth-order valence-corrected chi connectivity index (χ4v) is 3.08. The molecule has 0 saturated carbocycles. The molecule has 2 rings (SSSR count). The quantitative estimate of drug-likeness (QED) is 0.642. The van der Waals surface area contributed by atoms with Gasteiger partial charge in [-0.1, -0.05) is 6.92 Å². The first kappa shape index (κ1) is 17.7. The summed E-state index contributed by atoms with van der Waals surface area (Å²) in [6.45, 7) is 12.1. The number of nitrogens with zero attached hydrogens (tertiary/aromatic N) is 3. The molecule has 0 aromatic carbocycles. The first-order chi connectivity index (χ1) is 11.0. The van der Waals surface area contributed by atoms with E-state index in [0.29, 0.717) is 18.0 Å². The van der Waals surface area contributed by atoms with E-state index in [9.17, 15) is 0 Å². The van der Waals surface area contributed by atoms with Crippen LogP contribution in [0.4, 0.5) is 0 Å². The normalized spacial score (nSPS) is 22.6. The smallest absolute Gasteiger partial charge is 0.191 e. The van der Waals surface area contributed by atoms with E-state index < -0.39 is 0 Å². The molecular weight excluding hydrogens is 286 g/mol. The zero-order chi connectivity index (χ0) is 16.8. The maximum absolute atomic E-state index is 4.37. The third-order valence-corrected chi connectivity index (χ3v) is 4.74. The number of aromatic nitrogens is 1. The Kier molecular flexibility index (Phi) is 6.39. The minimum atomic E-state index is 0.464. The Bertz CT molecular complexity index is 526. The monoisotopic (exact) mass is 317 g/mol. The Morgan fingerprint density at radius 1 is 1.43 bits per heavy atom. The van der Waals surface area contributed by atoms with Crippen molar-refractivity contribution in [3.63, 3.8) is 0 Å². The lowest BCUT2D eigenvalue weighted by Gasteiger charge is -2.22. The molecule has 0 spiro atoms. The molecule has 1 fully saturated rings. The number of nitrogens with one attached hydrogen (secondary N) is 2. The molecule has 5 heteroatoms. The maximum Gasteiger partial charge on any atom is 0.191 e. The van der Waals surface area contributed by atoms with Crippen LogP contribution in [-0.4, -0.2) is 54.6 Å². The van der Waals surface area contributed by atoms with Crippen molar-refractivity contribution in [2.45, 2.75) is 46.2 Å². The second-order valence-corrected chi connectivity index (χ2v) is 6.83. The van der Waals surface area contributed by atoms with Gasteiger partial charge in [0.25, 0.3) is 0 Å². The van der Waals surface area contributed by atoms with Crippen LogP contribution >= 0.6 is 0 Å². The highest BCUT2D eigenvalue weighted by atomic mass is 15.3. The number of rotatable bonds is 5. The molecule has 1 aromatic rings. The first-order valence-corrected chi connectivity index (χ1v) is 8.62. The predicted octanol–water partition coefficient (Wildman–Crippen LogP) is 1.83. The van der Waals surface area contributed by atoms with Crippen molar-refractivity contribution in [3.8, 4) is 0 Å². The van der Waals surface area contributed by atoms with Crippen molar-refractivity contribution in [1.82, 2.24) is 20.5 Å². The summed E-state index contributed by atoms with van der Waals surface area (Å²) in [6.07, 6.45) is 4.76. The number of aryl methyl sites for hydroxylation is 1. The number of pyridine rings is 1. The van der Waals surface area contributed by atoms with Crippen LogP contribution in [0.3, 0.4) is 0 Å². The van der Waals surface area contributed by atoms with E-state index in [1.807, 2.05) is 19.4 Å². The number of hydrogen-bond acceptors (Lipinski definition) is 3. The Morgan fingerprint density at radius 3 is 2.83 bits per heavy atom. The highest BCUT2D eigenvalue weighted by Crippen LogP contribution is 2.18. The molecule has 0 bridgehead atoms. The van der Waals surface area contributed by atoms with Crippen LogP contribution in [0.25, 0.3) is 0 Å². The lowest BCUT2D eigenvalue weighted by Crippen LogP contribution is -2.47. The topological polar surface area (TPSA) is 52.6 Å². The van der Waals surface area contributed by atoms with E-state index in [2.05, 4.69) is 59.3 Å². The molecule has 23 heavy (non-hydrogen) atoms. The van der Waals surface area contributed by atoms with Crippen LogP contribution in [0.15, 0.2) is 23.5 Å². The molecule has 1 aromatic heterocycles. The van der Waals surface area contributed by atoms with Gasteiger partial charge in [0.05, 0.1) is 0 Å². The van der Waals surface area contributed by atoms with Crippen LogP contribution in [0.2, 0.25) is 0 Å². The summed E-state index contributed by atoms with van der Waals surface area (Å²) in [5.41, 5.74) is 2.58. The van der Waals surface area contributed by atoms with E-state index in [0.717, 1.165) is 32.0 Å². The molecule has 2 heterocycles. The van der Waals surface area contributed by atoms with Gasteiger partial charge in [0, 0.05) is 51.2 Å². The highest BCUT2D eigenvalue weighted by Gasteiger charge is 2.31. The summed E-state index contributed by atoms with van der Waals surface area (Å²) >= 11 is 0. The van der Waals surface area contributed by atoms with E-state index in [-0.39, 0.29) is 0 Å². The molecule has 1 saturated heterocycles. The third-order valence-electron chi connectivity index (χ3n) is 4.74. The van der Waals surface area contributed by atoms with Crippen LogP contribution in [-0.2, 0) is 6.42 Å². The Balaban J connectivity index is 1.81. The number of hydrogen-bond donors (Lipinski definition) is 2. The number of guanidine groups is 1. The van der Waals surface area contributed by atoms with Gasteiger partial charge in [0.15, 0.2) is 5.96 Å². The summed E-state index contributed by atoms with van der Waals surface area (Å²) in [5, 5.41) is 7.02. The number of aliphatic imine (C=N–C) groups is 1. The van der Waals surface area contributed by atoms with Gasteiger partial charge >= 0.3 is 0 Å². The summed E-state index contributed by atoms with van der Waals surface area (Å²) in [4.78, 5) is 11.0. The van der Waals surface area contributed by atoms with Gasteiger partial charge < -0.3 is 10.6 Å². The summed E-state index contributed by atoms with van der Waals surface area (Å²) in [5.74, 6) is 1.54. The van der Waals surface area contributed by atoms with Crippen LogP contribution in [0.1, 0.15) is 31.9 Å². The van der Waals surface area contributed by atoms with Gasteiger partial charge in [0.2, 0.25) is 0 Å². The van der Waals surface area contributed by atoms with E-state index in [1.54, 1.807) is 0 Å². The highest BCUT2D eigenvalue weighted by molar-refractivity contribution is 5.80. The molecule has 1 aliphatic heterocycles. The SMILES string of the molecule is CN=C(NCCc1ccncc1C)NC1CN(C(C)C)CC1C. The maximum atomic E-state index is 4.37. The van der Waals surface area contributed by atoms with Gasteiger partial charge in [-0.25, -0.2) is 0 Å². The minimum Gasteiger partial charge on any atom is -0.356 e. The van der Waals surface area contributed by atoms with E-state index >= 15 is 0 Å². The van der Waals surface area contributed by atoms with Crippen molar-refractivity contribution in [2.24, 2.45) is 10.9 Å². The lowest BCUT2D eigenvalue weighted by atomic mass is 10.1. The van der Waals surface area contributed by atoms with Crippen LogP contribution in [0.5, 0.6) is 0 Å². The number of likely N-dealkylation sites (tertiary alicyclic amines) is 1. The molecule has 128 valence electrons. The molecule has 5 nitrogen and oxygen atoms in total. The van der Waals surface area contributed by atoms with Crippen molar-refractivity contribution in [3.05, 3.63) is 29.6 Å². The second-order valence-electron chi connectivity index (χ2n) is 6.83. The van der Waals surface area contributed by atoms with Gasteiger partial charge in [-0.15, -0.1) is 0 Å². The average molecular weight is 317 g/mol. The fourth-order valence-electron chi connectivity index (χ4n) is 3.08. The average Bonchev–Trinajstić information content (AvgIpc) is 2.89. The Hall–Kier alpha value is -1.62. The molecule has 0 aliphatic carbocycles. The van der Waals surface area contributed by atoms with Gasteiger partial charge in [-0.3, -0.25) is 14.9 Å². The largest absolute Gasteiger partial charge is 0.356 e. The molecule has 2 unspecified atom stereocenters. The molecule has 0 radical (unpaired) electrons. The van der Waals surface area contributed by atoms with E-state index in [1.165, 1.54) is 11.1 Å². The zero-order valence-corrected chi connectivity index (χ0v) is 15.1. The molecule has 2 atom stereocenters. The van der Waals surface area contributed by atoms with Crippen molar-refractivity contribution >= 4 is 5.96 Å². The lowest BCUT2D eigenvalue weighted by molar-refractivity contribution is 0.265. The summed E-state index contributed by atoms with van der Waals surface area (Å²) in [7, 11) is 1.84. The van der Waals surface area contributed by atoms with Crippen molar-refractivity contribution in [2.75, 3.05) is 26.7 Å². The summed E-state index contributed by atoms with van der Waals surface area (Å²) in [6, 6.07) is 3.16. The first-order valence-electron chi connectivity index (χ1n) is 8.62. The standard InChI is InChI=1S/C18H31N5/c1-13(2)23-11-15(4)17(12-23)22-18(19-5)21-9-7-16-6-8-20-10-14(16)3/h6,8,10,13,15,17H,7,9,11-12H2,1-5H3,(H2,19,21,22). The third kappa shape index (κ3) is 4.93. The van der Waals surface area contributed by atoms with Crippen molar-refractivity contribution < 1.29 is 0 Å². The zero-order valence-electron chi connectivity index (χ0n) is 15.1. The van der Waals surface area contributed by atoms with E-state index in [4.69, 9.17) is 0 Å². The van der Waals surface area contributed by atoms with Gasteiger partial charge in [0.1, 0.15) is 0 Å². The summed E-state index contributed by atoms with van der Waals surface area (Å²) < 4.78 is 0. The van der Waals surface area contributed by atoms with Crippen molar-refractivity contribution in [1.29, 1.82) is 0 Å². The fraction of sp³-hybridized carbons (Fsp3) is 0.667.